The highest BCUT2D eigenvalue weighted by molar-refractivity contribution is 5.71. The quantitative estimate of drug-likeness (QED) is 0.646. The molecule has 1 rings (SSSR count). The normalized spacial score (nSPS) is 13.1. The fourth-order valence-corrected chi connectivity index (χ4v) is 1.06. The van der Waals surface area contributed by atoms with E-state index in [0.717, 1.165) is 6.92 Å². The van der Waals surface area contributed by atoms with Crippen LogP contribution in [0.5, 0.6) is 5.88 Å². The van der Waals surface area contributed by atoms with Crippen LogP contribution in [-0.2, 0) is 4.79 Å². The van der Waals surface area contributed by atoms with E-state index in [-0.39, 0.29) is 0 Å². The summed E-state index contributed by atoms with van der Waals surface area (Å²) in [6.07, 6.45) is -3.99. The topological polar surface area (TPSA) is 107 Å². The molecule has 106 valence electrons. The van der Waals surface area contributed by atoms with E-state index in [9.17, 15) is 28.1 Å². The molecule has 0 aliphatic carbocycles. The molecule has 0 fully saturated rings. The van der Waals surface area contributed by atoms with Crippen molar-refractivity contribution in [3.8, 4) is 5.88 Å². The molecule has 0 aromatic carbocycles. The summed E-state index contributed by atoms with van der Waals surface area (Å²) in [5, 5.41) is 22.6. The SMILES string of the molecule is C[C@H](C(=O)O)n1cc([N+](=O)[O-])c(OCC(F)(F)F)n1. The Morgan fingerprint density at radius 3 is 2.68 bits per heavy atom. The van der Waals surface area contributed by atoms with Crippen LogP contribution in [-0.4, -0.2) is 38.6 Å². The van der Waals surface area contributed by atoms with E-state index in [1.54, 1.807) is 0 Å². The minimum atomic E-state index is -4.68. The van der Waals surface area contributed by atoms with Crippen LogP contribution in [0.1, 0.15) is 13.0 Å². The average Bonchev–Trinajstić information content (AvgIpc) is 2.68. The molecule has 1 N–H and O–H groups in total. The van der Waals surface area contributed by atoms with E-state index < -0.39 is 41.3 Å². The molecule has 0 saturated carbocycles. The molecule has 1 aromatic rings. The van der Waals surface area contributed by atoms with Gasteiger partial charge in [-0.2, -0.15) is 13.2 Å². The van der Waals surface area contributed by atoms with Gasteiger partial charge in [0, 0.05) is 0 Å². The lowest BCUT2D eigenvalue weighted by Crippen LogP contribution is -2.20. The Bertz CT molecular complexity index is 498. The Balaban J connectivity index is 3.02. The summed E-state index contributed by atoms with van der Waals surface area (Å²) in [6, 6.07) is -1.28. The molecule has 0 bridgehead atoms. The number of aromatic nitrogens is 2. The van der Waals surface area contributed by atoms with Gasteiger partial charge in [-0.05, 0) is 6.92 Å². The summed E-state index contributed by atoms with van der Waals surface area (Å²) < 4.78 is 40.7. The molecular formula is C8H8F3N3O5. The number of halogens is 3. The van der Waals surface area contributed by atoms with Gasteiger partial charge < -0.3 is 9.84 Å². The molecule has 19 heavy (non-hydrogen) atoms. The van der Waals surface area contributed by atoms with Gasteiger partial charge in [0.2, 0.25) is 0 Å². The number of carboxylic acids is 1. The minimum absolute atomic E-state index is 0.645. The number of hydrogen-bond donors (Lipinski definition) is 1. The number of carbonyl (C=O) groups is 1. The lowest BCUT2D eigenvalue weighted by molar-refractivity contribution is -0.386. The van der Waals surface area contributed by atoms with Gasteiger partial charge in [-0.3, -0.25) is 10.1 Å². The second-order valence-corrected chi connectivity index (χ2v) is 3.47. The Morgan fingerprint density at radius 1 is 1.68 bits per heavy atom. The Labute approximate surface area is 103 Å². The standard InChI is InChI=1S/C8H8F3N3O5/c1-4(7(15)16)13-2-5(14(17)18)6(12-13)19-3-8(9,10)11/h2,4H,3H2,1H3,(H,15,16)/t4-/m1/s1. The lowest BCUT2D eigenvalue weighted by atomic mass is 10.3. The van der Waals surface area contributed by atoms with Crippen molar-refractivity contribution in [3.05, 3.63) is 16.3 Å². The van der Waals surface area contributed by atoms with Crippen molar-refractivity contribution in [1.82, 2.24) is 9.78 Å². The monoisotopic (exact) mass is 283 g/mol. The molecule has 0 aliphatic rings. The molecule has 1 aromatic heterocycles. The number of aliphatic carboxylic acids is 1. The van der Waals surface area contributed by atoms with E-state index in [1.807, 2.05) is 0 Å². The highest BCUT2D eigenvalue weighted by Crippen LogP contribution is 2.28. The molecule has 0 saturated heterocycles. The van der Waals surface area contributed by atoms with Crippen LogP contribution in [0.25, 0.3) is 0 Å². The summed E-state index contributed by atoms with van der Waals surface area (Å²) in [5.41, 5.74) is -0.836. The molecule has 0 radical (unpaired) electrons. The summed E-state index contributed by atoms with van der Waals surface area (Å²) in [7, 11) is 0. The van der Waals surface area contributed by atoms with Crippen LogP contribution in [0.15, 0.2) is 6.20 Å². The second-order valence-electron chi connectivity index (χ2n) is 3.47. The maximum atomic E-state index is 11.9. The highest BCUT2D eigenvalue weighted by atomic mass is 19.4. The van der Waals surface area contributed by atoms with Crippen LogP contribution < -0.4 is 4.74 Å². The van der Waals surface area contributed by atoms with Gasteiger partial charge in [0.1, 0.15) is 12.2 Å². The molecule has 11 heteroatoms. The van der Waals surface area contributed by atoms with Crippen molar-refractivity contribution in [3.63, 3.8) is 0 Å². The number of ether oxygens (including phenoxy) is 1. The smallest absolute Gasteiger partial charge is 0.422 e. The zero-order valence-corrected chi connectivity index (χ0v) is 9.42. The third kappa shape index (κ3) is 3.82. The highest BCUT2D eigenvalue weighted by Gasteiger charge is 2.32. The van der Waals surface area contributed by atoms with E-state index in [0.29, 0.717) is 10.9 Å². The van der Waals surface area contributed by atoms with Gasteiger partial charge in [0.25, 0.3) is 0 Å². The van der Waals surface area contributed by atoms with Gasteiger partial charge in [0.05, 0.1) is 4.92 Å². The van der Waals surface area contributed by atoms with E-state index in [2.05, 4.69) is 9.84 Å². The van der Waals surface area contributed by atoms with Crippen LogP contribution in [0.4, 0.5) is 18.9 Å². The summed E-state index contributed by atoms with van der Waals surface area (Å²) in [6.45, 7) is -0.598. The first kappa shape index (κ1) is 14.7. The maximum absolute atomic E-state index is 11.9. The van der Waals surface area contributed by atoms with Gasteiger partial charge in [-0.25, -0.2) is 9.48 Å². The third-order valence-electron chi connectivity index (χ3n) is 2.00. The van der Waals surface area contributed by atoms with E-state index in [1.165, 1.54) is 0 Å². The van der Waals surface area contributed by atoms with Crippen molar-refractivity contribution in [2.24, 2.45) is 0 Å². The second kappa shape index (κ2) is 5.12. The summed E-state index contributed by atoms with van der Waals surface area (Å²) >= 11 is 0. The molecule has 8 nitrogen and oxygen atoms in total. The van der Waals surface area contributed by atoms with Gasteiger partial charge >= 0.3 is 23.7 Å². The largest absolute Gasteiger partial charge is 0.480 e. The minimum Gasteiger partial charge on any atom is -0.480 e. The number of hydrogen-bond acceptors (Lipinski definition) is 5. The number of nitro groups is 1. The van der Waals surface area contributed by atoms with Gasteiger partial charge in [-0.1, -0.05) is 0 Å². The number of carboxylic acid groups (broad SMARTS) is 1. The summed E-state index contributed by atoms with van der Waals surface area (Å²) in [5.74, 6) is -2.23. The van der Waals surface area contributed by atoms with Crippen LogP contribution >= 0.6 is 0 Å². The van der Waals surface area contributed by atoms with E-state index in [4.69, 9.17) is 5.11 Å². The van der Waals surface area contributed by atoms with Crippen molar-refractivity contribution < 1.29 is 32.7 Å². The summed E-state index contributed by atoms with van der Waals surface area (Å²) in [4.78, 5) is 20.2. The first-order chi connectivity index (χ1) is 8.61. The van der Waals surface area contributed by atoms with Crippen LogP contribution in [0, 0.1) is 10.1 Å². The van der Waals surface area contributed by atoms with Crippen LogP contribution in [0.2, 0.25) is 0 Å². The predicted octanol–water partition coefficient (Wildman–Crippen LogP) is 1.38. The first-order valence-electron chi connectivity index (χ1n) is 4.77. The Kier molecular flexibility index (Phi) is 3.97. The fourth-order valence-electron chi connectivity index (χ4n) is 1.06. The maximum Gasteiger partial charge on any atom is 0.422 e. The third-order valence-corrected chi connectivity index (χ3v) is 2.00. The number of nitrogens with zero attached hydrogens (tertiary/aromatic N) is 3. The first-order valence-corrected chi connectivity index (χ1v) is 4.77. The molecule has 1 atom stereocenters. The molecule has 0 aliphatic heterocycles. The Morgan fingerprint density at radius 2 is 2.26 bits per heavy atom. The van der Waals surface area contributed by atoms with E-state index >= 15 is 0 Å². The van der Waals surface area contributed by atoms with Gasteiger partial charge in [0.15, 0.2) is 6.61 Å². The van der Waals surface area contributed by atoms with Crippen molar-refractivity contribution in [1.29, 1.82) is 0 Å². The van der Waals surface area contributed by atoms with Crippen molar-refractivity contribution in [2.75, 3.05) is 6.61 Å². The molecule has 0 spiro atoms. The van der Waals surface area contributed by atoms with Crippen molar-refractivity contribution in [2.45, 2.75) is 19.1 Å². The average molecular weight is 283 g/mol. The lowest BCUT2D eigenvalue weighted by Gasteiger charge is -2.06. The van der Waals surface area contributed by atoms with Crippen molar-refractivity contribution >= 4 is 11.7 Å². The number of alkyl halides is 3. The molecule has 0 unspecified atom stereocenters. The zero-order chi connectivity index (χ0) is 14.8. The fraction of sp³-hybridized carbons (Fsp3) is 0.500. The molecule has 1 heterocycles. The van der Waals surface area contributed by atoms with Crippen LogP contribution in [0.3, 0.4) is 0 Å². The zero-order valence-electron chi connectivity index (χ0n) is 9.42. The predicted molar refractivity (Wildman–Crippen MR) is 52.8 cm³/mol. The van der Waals surface area contributed by atoms with Gasteiger partial charge in [-0.15, -0.1) is 5.10 Å². The number of rotatable bonds is 5. The Hall–Kier alpha value is -2.33. The molecular weight excluding hydrogens is 275 g/mol. The molecule has 0 amide bonds.